The quantitative estimate of drug-likeness (QED) is 0.0169. The number of ether oxygens (including phenoxy) is 4. The van der Waals surface area contributed by atoms with Crippen molar-refractivity contribution in [2.75, 3.05) is 39.6 Å². The van der Waals surface area contributed by atoms with Gasteiger partial charge < -0.3 is 33.8 Å². The fourth-order valence-corrected chi connectivity index (χ4v) is 11.6. The van der Waals surface area contributed by atoms with Crippen LogP contribution in [0.25, 0.3) is 0 Å². The molecule has 0 aromatic carbocycles. The smallest absolute Gasteiger partial charge is 0.462 e. The Labute approximate surface area is 665 Å². The molecular weight excluding hydrogens is 1430 g/mol. The third-order valence-corrected chi connectivity index (χ3v) is 18.1. The van der Waals surface area contributed by atoms with Gasteiger partial charge in [0.2, 0.25) is 0 Å². The van der Waals surface area contributed by atoms with Gasteiger partial charge in [-0.2, -0.15) is 0 Å². The molecule has 0 aromatic rings. The first-order valence-electron chi connectivity index (χ1n) is 41.3. The highest BCUT2D eigenvalue weighted by molar-refractivity contribution is 7.47. The molecule has 0 amide bonds. The summed E-state index contributed by atoms with van der Waals surface area (Å²) in [5, 5.41) is 10.7. The number of carbonyl (C=O) groups excluding carboxylic acids is 4. The van der Waals surface area contributed by atoms with E-state index >= 15 is 0 Å². The molecule has 110 heavy (non-hydrogen) atoms. The maximum Gasteiger partial charge on any atom is 0.472 e. The van der Waals surface area contributed by atoms with Crippen molar-refractivity contribution in [2.24, 2.45) is 0 Å². The molecule has 19 heteroatoms. The molecular formula is C91H144O17P2. The van der Waals surface area contributed by atoms with Crippen LogP contribution in [-0.4, -0.2) is 96.7 Å². The first kappa shape index (κ1) is 104. The standard InChI is InChI=1S/C91H144O17P2/c1-5-9-13-17-21-25-29-33-36-39-42-45-48-52-55-59-63-67-71-75-88(93)101-81-86(107-90(95)77-73-69-65-61-57-51-32-28-24-20-16-12-8-4)83-105-109(97,98)103-79-85(92)80-104-110(99,100)106-84-87(108-91(96)78-74-70-66-62-58-54-50-47-44-41-38-35-31-27-23-19-15-11-7-3)82-102-89(94)76-72-68-64-60-56-53-49-46-43-40-37-34-30-26-22-18-14-10-6-2/h9-11,13-15,21-23,25-28,32-38,42-47,52-56,58,63,67,85-87,92H,5-8,12,16-20,24,29-31,39-41,48-51,57,59-62,64-66,68-84H2,1-4H3,(H,97,98)(H,99,100)/b13-9-,14-10-,15-11-,25-21-,26-22-,27-23-,32-28-,36-33-,37-34-,38-35-,45-42-,46-43-,47-44-,55-52-,56-53-,58-54-,67-63-/t85-,86-,87-/m1/s1. The van der Waals surface area contributed by atoms with E-state index in [2.05, 4.69) is 216 Å². The molecule has 0 aromatic heterocycles. The highest BCUT2D eigenvalue weighted by atomic mass is 31.2. The number of hydrogen-bond donors (Lipinski definition) is 3. The molecule has 0 aliphatic carbocycles. The van der Waals surface area contributed by atoms with Gasteiger partial charge in [0, 0.05) is 25.7 Å². The van der Waals surface area contributed by atoms with Crippen molar-refractivity contribution < 1.29 is 80.2 Å². The van der Waals surface area contributed by atoms with Gasteiger partial charge in [-0.25, -0.2) is 9.13 Å². The average Bonchev–Trinajstić information content (AvgIpc) is 0.942. The lowest BCUT2D eigenvalue weighted by Gasteiger charge is -2.21. The maximum absolute atomic E-state index is 13.1. The van der Waals surface area contributed by atoms with Crippen LogP contribution in [0.5, 0.6) is 0 Å². The van der Waals surface area contributed by atoms with E-state index in [0.717, 1.165) is 173 Å². The van der Waals surface area contributed by atoms with Gasteiger partial charge in [-0.1, -0.05) is 286 Å². The Morgan fingerprint density at radius 3 is 0.800 bits per heavy atom. The van der Waals surface area contributed by atoms with Crippen molar-refractivity contribution >= 4 is 39.5 Å². The number of esters is 4. The lowest BCUT2D eigenvalue weighted by molar-refractivity contribution is -0.161. The van der Waals surface area contributed by atoms with E-state index in [1.807, 2.05) is 18.2 Å². The number of phosphoric acid groups is 2. The largest absolute Gasteiger partial charge is 0.472 e. The second-order valence-electron chi connectivity index (χ2n) is 26.6. The van der Waals surface area contributed by atoms with Crippen LogP contribution in [0.2, 0.25) is 0 Å². The zero-order chi connectivity index (χ0) is 80.3. The first-order chi connectivity index (χ1) is 53.7. The Morgan fingerprint density at radius 1 is 0.264 bits per heavy atom. The summed E-state index contributed by atoms with van der Waals surface area (Å²) in [6.45, 7) is 4.32. The molecule has 0 bridgehead atoms. The molecule has 0 spiro atoms. The zero-order valence-corrected chi connectivity index (χ0v) is 69.6. The van der Waals surface area contributed by atoms with Crippen molar-refractivity contribution in [3.05, 3.63) is 207 Å². The van der Waals surface area contributed by atoms with Crippen LogP contribution < -0.4 is 0 Å². The summed E-state index contributed by atoms with van der Waals surface area (Å²) in [7, 11) is -10.0. The number of aliphatic hydroxyl groups excluding tert-OH is 1. The van der Waals surface area contributed by atoms with E-state index in [4.69, 9.17) is 37.0 Å². The lowest BCUT2D eigenvalue weighted by atomic mass is 10.1. The number of hydrogen-bond acceptors (Lipinski definition) is 15. The molecule has 0 aliphatic rings. The molecule has 0 fully saturated rings. The van der Waals surface area contributed by atoms with Crippen LogP contribution in [-0.2, 0) is 65.4 Å². The molecule has 0 radical (unpaired) electrons. The van der Waals surface area contributed by atoms with E-state index in [9.17, 15) is 43.2 Å². The molecule has 5 atom stereocenters. The van der Waals surface area contributed by atoms with Crippen LogP contribution in [0.15, 0.2) is 207 Å². The van der Waals surface area contributed by atoms with Gasteiger partial charge in [-0.15, -0.1) is 0 Å². The van der Waals surface area contributed by atoms with Crippen LogP contribution in [0, 0.1) is 0 Å². The third-order valence-electron chi connectivity index (χ3n) is 16.2. The molecule has 0 heterocycles. The number of unbranched alkanes of at least 4 members (excludes halogenated alkanes) is 15. The number of phosphoric ester groups is 2. The second-order valence-corrected chi connectivity index (χ2v) is 29.5. The summed E-state index contributed by atoms with van der Waals surface area (Å²) in [6.07, 6.45) is 101. The minimum Gasteiger partial charge on any atom is -0.462 e. The highest BCUT2D eigenvalue weighted by Gasteiger charge is 2.30. The minimum atomic E-state index is -5.02. The predicted octanol–water partition coefficient (Wildman–Crippen LogP) is 24.7. The van der Waals surface area contributed by atoms with E-state index < -0.39 is 97.5 Å². The summed E-state index contributed by atoms with van der Waals surface area (Å²) in [5.74, 6) is -2.38. The summed E-state index contributed by atoms with van der Waals surface area (Å²) in [6, 6.07) is 0. The van der Waals surface area contributed by atoms with Crippen molar-refractivity contribution in [3.8, 4) is 0 Å². The van der Waals surface area contributed by atoms with E-state index in [0.29, 0.717) is 32.1 Å². The highest BCUT2D eigenvalue weighted by Crippen LogP contribution is 2.45. The van der Waals surface area contributed by atoms with Crippen molar-refractivity contribution in [1.29, 1.82) is 0 Å². The predicted molar refractivity (Wildman–Crippen MR) is 454 cm³/mol. The van der Waals surface area contributed by atoms with Crippen LogP contribution in [0.1, 0.15) is 285 Å². The Hall–Kier alpha value is -6.36. The van der Waals surface area contributed by atoms with Crippen molar-refractivity contribution in [1.82, 2.24) is 0 Å². The Balaban J connectivity index is 5.53. The van der Waals surface area contributed by atoms with Gasteiger partial charge in [-0.3, -0.25) is 37.3 Å². The van der Waals surface area contributed by atoms with E-state index in [1.165, 1.54) is 25.7 Å². The van der Waals surface area contributed by atoms with Gasteiger partial charge in [-0.05, 0) is 180 Å². The van der Waals surface area contributed by atoms with Gasteiger partial charge in [0.05, 0.1) is 26.4 Å². The summed E-state index contributed by atoms with van der Waals surface area (Å²) in [5.41, 5.74) is 0. The maximum atomic E-state index is 13.1. The van der Waals surface area contributed by atoms with E-state index in [1.54, 1.807) is 0 Å². The molecule has 3 N–H and O–H groups in total. The SMILES string of the molecule is CC/C=C\C/C=C\C/C=C\C/C=C\C/C=C\C/C=C\CCC(=O)OC[C@H](COP(=O)(O)OC[C@@H](O)COP(=O)(O)OC[C@@H](COC(=O)CCCCC/C=C\C/C=C\C/C=C\C/C=C\C/C=C\CC)OC(=O)CCCCC/C=C\C/C=C\C/C=C\C/C=C\C/C=C\CC)OC(=O)CCCCCCC/C=C\CCCCCC. The fourth-order valence-electron chi connectivity index (χ4n) is 10.1. The van der Waals surface area contributed by atoms with Gasteiger partial charge in [0.25, 0.3) is 0 Å². The molecule has 0 saturated heterocycles. The average molecular weight is 1570 g/mol. The molecule has 0 rings (SSSR count). The normalized spacial score (nSPS) is 14.9. The fraction of sp³-hybridized carbons (Fsp3) is 0.582. The third kappa shape index (κ3) is 79.7. The Bertz CT molecular complexity index is 2900. The molecule has 0 saturated carbocycles. The van der Waals surface area contributed by atoms with Gasteiger partial charge in [0.15, 0.2) is 12.2 Å². The zero-order valence-electron chi connectivity index (χ0n) is 67.8. The van der Waals surface area contributed by atoms with E-state index in [-0.39, 0.29) is 25.7 Å². The van der Waals surface area contributed by atoms with Crippen molar-refractivity contribution in [3.63, 3.8) is 0 Å². The monoisotopic (exact) mass is 1570 g/mol. The first-order valence-corrected chi connectivity index (χ1v) is 44.3. The molecule has 620 valence electrons. The van der Waals surface area contributed by atoms with Crippen LogP contribution >= 0.6 is 15.6 Å². The summed E-state index contributed by atoms with van der Waals surface area (Å²) >= 11 is 0. The molecule has 2 unspecified atom stereocenters. The summed E-state index contributed by atoms with van der Waals surface area (Å²) in [4.78, 5) is 73.1. The number of carbonyl (C=O) groups is 4. The van der Waals surface area contributed by atoms with Crippen molar-refractivity contribution in [2.45, 2.75) is 303 Å². The van der Waals surface area contributed by atoms with Gasteiger partial charge in [0.1, 0.15) is 19.3 Å². The Morgan fingerprint density at radius 2 is 0.491 bits per heavy atom. The minimum absolute atomic E-state index is 0.0260. The topological polar surface area (TPSA) is 237 Å². The molecule has 17 nitrogen and oxygen atoms in total. The number of allylic oxidation sites excluding steroid dienone is 34. The lowest BCUT2D eigenvalue weighted by Crippen LogP contribution is -2.30. The number of rotatable bonds is 75. The van der Waals surface area contributed by atoms with Crippen LogP contribution in [0.4, 0.5) is 0 Å². The Kier molecular flexibility index (Phi) is 76.0. The van der Waals surface area contributed by atoms with Gasteiger partial charge >= 0.3 is 39.5 Å². The molecule has 0 aliphatic heterocycles. The second kappa shape index (κ2) is 80.7. The number of aliphatic hydroxyl groups is 1. The van der Waals surface area contributed by atoms with Crippen LogP contribution in [0.3, 0.4) is 0 Å². The summed E-state index contributed by atoms with van der Waals surface area (Å²) < 4.78 is 68.6.